The van der Waals surface area contributed by atoms with Gasteiger partial charge in [0.25, 0.3) is 5.91 Å². The van der Waals surface area contributed by atoms with Crippen LogP contribution < -0.4 is 20.5 Å². The van der Waals surface area contributed by atoms with Crippen LogP contribution in [0.1, 0.15) is 47.4 Å². The van der Waals surface area contributed by atoms with Crippen molar-refractivity contribution in [3.63, 3.8) is 0 Å². The van der Waals surface area contributed by atoms with Gasteiger partial charge in [-0.2, -0.15) is 0 Å². The van der Waals surface area contributed by atoms with E-state index in [-0.39, 0.29) is 29.2 Å². The zero-order chi connectivity index (χ0) is 21.4. The molecule has 0 spiro atoms. The maximum absolute atomic E-state index is 12.7. The Balaban J connectivity index is 2.31. The molecule has 154 valence electrons. The minimum absolute atomic E-state index is 0.0241. The average Bonchev–Trinajstić information content (AvgIpc) is 2.70. The first-order valence-electron chi connectivity index (χ1n) is 9.16. The van der Waals surface area contributed by atoms with E-state index in [0.717, 1.165) is 6.42 Å². The van der Waals surface area contributed by atoms with Crippen LogP contribution in [0.15, 0.2) is 36.4 Å². The number of nitrogens with zero attached hydrogens (tertiary/aromatic N) is 1. The van der Waals surface area contributed by atoms with Gasteiger partial charge >= 0.3 is 5.69 Å². The summed E-state index contributed by atoms with van der Waals surface area (Å²) in [5, 5.41) is 13.9. The Morgan fingerprint density at radius 3 is 2.17 bits per heavy atom. The van der Waals surface area contributed by atoms with Crippen LogP contribution >= 0.6 is 0 Å². The number of hydrogen-bond acceptors (Lipinski definition) is 6. The van der Waals surface area contributed by atoms with Crippen LogP contribution in [0.4, 0.5) is 11.4 Å². The summed E-state index contributed by atoms with van der Waals surface area (Å²) in [6.45, 7) is 4.47. The molecule has 2 amide bonds. The highest BCUT2D eigenvalue weighted by Crippen LogP contribution is 2.30. The van der Waals surface area contributed by atoms with Crippen LogP contribution in [0.2, 0.25) is 0 Å². The summed E-state index contributed by atoms with van der Waals surface area (Å²) in [4.78, 5) is 34.7. The molecule has 0 heterocycles. The molecule has 0 radical (unpaired) electrons. The van der Waals surface area contributed by atoms with Crippen molar-refractivity contribution in [2.24, 2.45) is 5.73 Å². The Labute approximate surface area is 168 Å². The van der Waals surface area contributed by atoms with Crippen molar-refractivity contribution in [3.8, 4) is 11.5 Å². The van der Waals surface area contributed by atoms with Gasteiger partial charge in [-0.15, -0.1) is 0 Å². The molecule has 0 saturated heterocycles. The number of nitrogens with one attached hydrogen (secondary N) is 1. The Morgan fingerprint density at radius 2 is 1.59 bits per heavy atom. The Bertz CT molecular complexity index is 913. The summed E-state index contributed by atoms with van der Waals surface area (Å²) in [5.74, 6) is -0.788. The molecule has 0 aliphatic heterocycles. The van der Waals surface area contributed by atoms with E-state index in [1.54, 1.807) is 0 Å². The van der Waals surface area contributed by atoms with Crippen LogP contribution in [0.25, 0.3) is 0 Å². The van der Waals surface area contributed by atoms with Gasteiger partial charge in [0, 0.05) is 23.3 Å². The lowest BCUT2D eigenvalue weighted by Crippen LogP contribution is -2.15. The molecule has 0 aliphatic carbocycles. The van der Waals surface area contributed by atoms with Gasteiger partial charge in [0.2, 0.25) is 5.91 Å². The predicted molar refractivity (Wildman–Crippen MR) is 108 cm³/mol. The topological polar surface area (TPSA) is 134 Å². The number of nitrogens with two attached hydrogens (primary N) is 1. The molecule has 3 N–H and O–H groups in total. The normalized spacial score (nSPS) is 10.3. The fourth-order valence-electron chi connectivity index (χ4n) is 2.44. The molecule has 0 saturated carbocycles. The molecule has 2 aromatic carbocycles. The summed E-state index contributed by atoms with van der Waals surface area (Å²) in [6, 6.07) is 8.35. The number of carbonyl (C=O) groups is 2. The third kappa shape index (κ3) is 5.68. The summed E-state index contributed by atoms with van der Waals surface area (Å²) < 4.78 is 11.0. The van der Waals surface area contributed by atoms with Crippen molar-refractivity contribution in [1.29, 1.82) is 0 Å². The van der Waals surface area contributed by atoms with Crippen LogP contribution in [0.5, 0.6) is 11.5 Å². The smallest absolute Gasteiger partial charge is 0.310 e. The van der Waals surface area contributed by atoms with Gasteiger partial charge in [0.05, 0.1) is 23.8 Å². The lowest BCUT2D eigenvalue weighted by atomic mass is 10.1. The summed E-state index contributed by atoms with van der Waals surface area (Å²) in [6.07, 6.45) is 1.40. The number of hydrogen-bond donors (Lipinski definition) is 2. The van der Waals surface area contributed by atoms with Crippen molar-refractivity contribution in [2.75, 3.05) is 18.5 Å². The Kier molecular flexibility index (Phi) is 7.53. The van der Waals surface area contributed by atoms with Gasteiger partial charge in [-0.3, -0.25) is 19.7 Å². The van der Waals surface area contributed by atoms with Gasteiger partial charge in [-0.05, 0) is 37.1 Å². The molecule has 0 fully saturated rings. The molecule has 2 rings (SSSR count). The van der Waals surface area contributed by atoms with Crippen molar-refractivity contribution in [2.45, 2.75) is 26.7 Å². The average molecular weight is 401 g/mol. The predicted octanol–water partition coefficient (Wildman–Crippen LogP) is 3.52. The number of benzene rings is 2. The Morgan fingerprint density at radius 1 is 1.00 bits per heavy atom. The number of nitro benzene ring substituents is 1. The highest BCUT2D eigenvalue weighted by Gasteiger charge is 2.19. The lowest BCUT2D eigenvalue weighted by Gasteiger charge is -2.14. The van der Waals surface area contributed by atoms with Gasteiger partial charge < -0.3 is 20.5 Å². The van der Waals surface area contributed by atoms with E-state index in [9.17, 15) is 19.7 Å². The van der Waals surface area contributed by atoms with Crippen LogP contribution in [-0.2, 0) is 0 Å². The molecule has 0 unspecified atom stereocenters. The first-order valence-corrected chi connectivity index (χ1v) is 9.16. The van der Waals surface area contributed by atoms with E-state index in [2.05, 4.69) is 5.32 Å². The zero-order valence-electron chi connectivity index (χ0n) is 16.3. The third-order valence-electron chi connectivity index (χ3n) is 3.86. The van der Waals surface area contributed by atoms with Crippen LogP contribution in [0.3, 0.4) is 0 Å². The third-order valence-corrected chi connectivity index (χ3v) is 3.86. The molecular formula is C20H23N3O6. The molecule has 0 bridgehead atoms. The summed E-state index contributed by atoms with van der Waals surface area (Å²) in [7, 11) is 0. The van der Waals surface area contributed by atoms with Gasteiger partial charge in [-0.25, -0.2) is 0 Å². The maximum atomic E-state index is 12.7. The monoisotopic (exact) mass is 401 g/mol. The molecule has 0 aromatic heterocycles. The Hall–Kier alpha value is -3.62. The number of rotatable bonds is 10. The fraction of sp³-hybridized carbons (Fsp3) is 0.300. The zero-order valence-corrected chi connectivity index (χ0v) is 16.3. The van der Waals surface area contributed by atoms with E-state index in [4.69, 9.17) is 15.2 Å². The first-order chi connectivity index (χ1) is 13.9. The minimum atomic E-state index is -0.614. The van der Waals surface area contributed by atoms with E-state index < -0.39 is 16.7 Å². The van der Waals surface area contributed by atoms with Crippen molar-refractivity contribution < 1.29 is 24.0 Å². The van der Waals surface area contributed by atoms with E-state index in [1.165, 1.54) is 36.4 Å². The highest BCUT2D eigenvalue weighted by atomic mass is 16.6. The summed E-state index contributed by atoms with van der Waals surface area (Å²) >= 11 is 0. The number of anilines is 1. The molecule has 0 atom stereocenters. The maximum Gasteiger partial charge on any atom is 0.310 e. The largest absolute Gasteiger partial charge is 0.491 e. The number of primary amides is 1. The molecule has 0 aliphatic rings. The van der Waals surface area contributed by atoms with Crippen molar-refractivity contribution in [3.05, 3.63) is 57.6 Å². The first kappa shape index (κ1) is 21.7. The quantitative estimate of drug-likeness (QED) is 0.462. The standard InChI is InChI=1S/C20H23N3O6/c1-3-9-28-17-11-13(19(21)24)5-7-15(17)22-20(25)14-6-8-16(23(26)27)18(12-14)29-10-4-2/h5-8,11-12H,3-4,9-10H2,1-2H3,(H2,21,24)(H,22,25). The number of carbonyl (C=O) groups excluding carboxylic acids is 2. The van der Waals surface area contributed by atoms with Gasteiger partial charge in [0.15, 0.2) is 5.75 Å². The molecule has 2 aromatic rings. The van der Waals surface area contributed by atoms with Gasteiger partial charge in [0.1, 0.15) is 5.75 Å². The van der Waals surface area contributed by atoms with Gasteiger partial charge in [-0.1, -0.05) is 13.8 Å². The molecule has 9 heteroatoms. The summed E-state index contributed by atoms with van der Waals surface area (Å²) in [5.41, 5.74) is 5.87. The van der Waals surface area contributed by atoms with E-state index in [0.29, 0.717) is 24.5 Å². The van der Waals surface area contributed by atoms with E-state index >= 15 is 0 Å². The van der Waals surface area contributed by atoms with E-state index in [1.807, 2.05) is 13.8 Å². The SMILES string of the molecule is CCCOc1cc(C(N)=O)ccc1NC(=O)c1ccc([N+](=O)[O-])c(OCCC)c1. The van der Waals surface area contributed by atoms with Crippen molar-refractivity contribution in [1.82, 2.24) is 0 Å². The number of ether oxygens (including phenoxy) is 2. The highest BCUT2D eigenvalue weighted by molar-refractivity contribution is 6.06. The van der Waals surface area contributed by atoms with Crippen LogP contribution in [-0.4, -0.2) is 30.0 Å². The number of amides is 2. The molecule has 29 heavy (non-hydrogen) atoms. The second kappa shape index (κ2) is 10.1. The second-order valence-corrected chi connectivity index (χ2v) is 6.17. The molecular weight excluding hydrogens is 378 g/mol. The van der Waals surface area contributed by atoms with Crippen LogP contribution in [0, 0.1) is 10.1 Å². The second-order valence-electron chi connectivity index (χ2n) is 6.17. The van der Waals surface area contributed by atoms with Crippen molar-refractivity contribution >= 4 is 23.2 Å². The fourth-order valence-corrected chi connectivity index (χ4v) is 2.44. The lowest BCUT2D eigenvalue weighted by molar-refractivity contribution is -0.385. The molecule has 9 nitrogen and oxygen atoms in total. The minimum Gasteiger partial charge on any atom is -0.491 e. The number of nitro groups is 1.